The maximum absolute atomic E-state index is 12.1. The zero-order valence-electron chi connectivity index (χ0n) is 11.3. The average Bonchev–Trinajstić information content (AvgIpc) is 2.81. The van der Waals surface area contributed by atoms with Crippen molar-refractivity contribution in [2.45, 2.75) is 57.4 Å². The molecule has 2 aliphatic carbocycles. The van der Waals surface area contributed by atoms with Crippen LogP contribution in [0, 0.1) is 11.8 Å². The number of amides is 1. The third kappa shape index (κ3) is 3.35. The molecule has 0 aliphatic heterocycles. The molecule has 3 heteroatoms. The third-order valence-electron chi connectivity index (χ3n) is 4.36. The van der Waals surface area contributed by atoms with E-state index in [2.05, 4.69) is 24.4 Å². The van der Waals surface area contributed by atoms with Crippen LogP contribution in [0.25, 0.3) is 0 Å². The fourth-order valence-corrected chi connectivity index (χ4v) is 3.41. The third-order valence-corrected chi connectivity index (χ3v) is 4.36. The van der Waals surface area contributed by atoms with Gasteiger partial charge < -0.3 is 10.4 Å². The molecule has 0 bridgehead atoms. The van der Waals surface area contributed by atoms with Gasteiger partial charge in [-0.1, -0.05) is 31.9 Å². The molecule has 1 saturated carbocycles. The van der Waals surface area contributed by atoms with Gasteiger partial charge >= 0.3 is 0 Å². The van der Waals surface area contributed by atoms with Crippen molar-refractivity contribution >= 4 is 5.91 Å². The molecule has 0 aromatic rings. The second kappa shape index (κ2) is 5.87. The highest BCUT2D eigenvalue weighted by molar-refractivity contribution is 5.77. The smallest absolute Gasteiger partial charge is 0.221 e. The summed E-state index contributed by atoms with van der Waals surface area (Å²) in [5, 5.41) is 12.8. The lowest BCUT2D eigenvalue weighted by atomic mass is 9.76. The molecular formula is C15H25NO2. The van der Waals surface area contributed by atoms with Crippen molar-refractivity contribution < 1.29 is 9.90 Å². The van der Waals surface area contributed by atoms with Crippen molar-refractivity contribution in [1.82, 2.24) is 5.32 Å². The molecule has 0 radical (unpaired) electrons. The summed E-state index contributed by atoms with van der Waals surface area (Å²) in [6.07, 6.45) is 11.2. The first-order valence-electron chi connectivity index (χ1n) is 7.22. The Hall–Kier alpha value is -0.830. The molecule has 0 aromatic carbocycles. The van der Waals surface area contributed by atoms with E-state index in [-0.39, 0.29) is 18.1 Å². The maximum Gasteiger partial charge on any atom is 0.221 e. The van der Waals surface area contributed by atoms with Crippen molar-refractivity contribution in [3.05, 3.63) is 12.2 Å². The molecule has 2 aliphatic rings. The molecular weight excluding hydrogens is 226 g/mol. The number of allylic oxidation sites excluding steroid dienone is 2. The topological polar surface area (TPSA) is 49.3 Å². The molecule has 1 amide bonds. The van der Waals surface area contributed by atoms with Gasteiger partial charge in [0.1, 0.15) is 0 Å². The largest absolute Gasteiger partial charge is 0.394 e. The van der Waals surface area contributed by atoms with Gasteiger partial charge in [-0.3, -0.25) is 4.79 Å². The number of hydrogen-bond acceptors (Lipinski definition) is 2. The second-order valence-corrected chi connectivity index (χ2v) is 6.16. The predicted octanol–water partition coefficient (Wildman–Crippen LogP) is 2.40. The molecule has 2 N–H and O–H groups in total. The van der Waals surface area contributed by atoms with Gasteiger partial charge in [-0.15, -0.1) is 0 Å². The van der Waals surface area contributed by atoms with Gasteiger partial charge in [-0.2, -0.15) is 0 Å². The van der Waals surface area contributed by atoms with E-state index in [0.717, 1.165) is 32.1 Å². The highest BCUT2D eigenvalue weighted by Crippen LogP contribution is 2.32. The summed E-state index contributed by atoms with van der Waals surface area (Å²) in [6.45, 7) is 2.28. The van der Waals surface area contributed by atoms with E-state index in [1.165, 1.54) is 6.42 Å². The Labute approximate surface area is 110 Å². The van der Waals surface area contributed by atoms with Crippen LogP contribution in [-0.4, -0.2) is 23.2 Å². The number of rotatable bonds is 4. The summed E-state index contributed by atoms with van der Waals surface area (Å²) in [6, 6.07) is 0. The van der Waals surface area contributed by atoms with Crippen LogP contribution >= 0.6 is 0 Å². The normalized spacial score (nSPS) is 35.7. The van der Waals surface area contributed by atoms with Gasteiger partial charge in [0, 0.05) is 6.42 Å². The minimum absolute atomic E-state index is 0.0730. The molecule has 0 heterocycles. The van der Waals surface area contributed by atoms with Crippen LogP contribution in [0.1, 0.15) is 51.9 Å². The lowest BCUT2D eigenvalue weighted by molar-refractivity contribution is -0.125. The first-order valence-corrected chi connectivity index (χ1v) is 7.22. The number of hydrogen-bond donors (Lipinski definition) is 2. The molecule has 3 nitrogen and oxygen atoms in total. The van der Waals surface area contributed by atoms with Crippen LogP contribution in [0.3, 0.4) is 0 Å². The number of aliphatic hydroxyl groups is 1. The highest BCUT2D eigenvalue weighted by atomic mass is 16.3. The maximum atomic E-state index is 12.1. The van der Waals surface area contributed by atoms with E-state index in [1.54, 1.807) is 0 Å². The molecule has 0 saturated heterocycles. The zero-order chi connectivity index (χ0) is 13.0. The Kier molecular flexibility index (Phi) is 4.44. The summed E-state index contributed by atoms with van der Waals surface area (Å²) < 4.78 is 0. The number of nitrogens with one attached hydrogen (secondary N) is 1. The van der Waals surface area contributed by atoms with Gasteiger partial charge in [0.25, 0.3) is 0 Å². The van der Waals surface area contributed by atoms with Crippen LogP contribution in [0.15, 0.2) is 12.2 Å². The van der Waals surface area contributed by atoms with Crippen LogP contribution in [0.5, 0.6) is 0 Å². The van der Waals surface area contributed by atoms with Crippen molar-refractivity contribution in [2.75, 3.05) is 6.61 Å². The molecule has 2 rings (SSSR count). The Morgan fingerprint density at radius 1 is 1.50 bits per heavy atom. The summed E-state index contributed by atoms with van der Waals surface area (Å²) in [4.78, 5) is 12.1. The van der Waals surface area contributed by atoms with Crippen molar-refractivity contribution in [1.29, 1.82) is 0 Å². The zero-order valence-corrected chi connectivity index (χ0v) is 11.3. The van der Waals surface area contributed by atoms with E-state index < -0.39 is 0 Å². The van der Waals surface area contributed by atoms with Crippen LogP contribution in [0.4, 0.5) is 0 Å². The molecule has 1 fully saturated rings. The number of aliphatic hydroxyl groups excluding tert-OH is 1. The second-order valence-electron chi connectivity index (χ2n) is 6.16. The lowest BCUT2D eigenvalue weighted by Gasteiger charge is -2.39. The quantitative estimate of drug-likeness (QED) is 0.754. The van der Waals surface area contributed by atoms with E-state index in [1.807, 2.05) is 0 Å². The van der Waals surface area contributed by atoms with Crippen molar-refractivity contribution in [3.63, 3.8) is 0 Å². The molecule has 3 atom stereocenters. The lowest BCUT2D eigenvalue weighted by Crippen LogP contribution is -2.54. The Morgan fingerprint density at radius 2 is 2.33 bits per heavy atom. The fraction of sp³-hybridized carbons (Fsp3) is 0.800. The molecule has 0 spiro atoms. The Morgan fingerprint density at radius 3 is 2.94 bits per heavy atom. The molecule has 0 aromatic heterocycles. The average molecular weight is 251 g/mol. The standard InChI is InChI=1S/C15H25NO2/c1-12-5-4-8-15(10-12,11-17)16-14(18)9-13-6-2-3-7-13/h2,6,12-13,17H,3-5,7-11H2,1H3,(H,16,18). The minimum Gasteiger partial charge on any atom is -0.394 e. The first-order chi connectivity index (χ1) is 8.63. The number of carbonyl (C=O) groups excluding carboxylic acids is 1. The predicted molar refractivity (Wildman–Crippen MR) is 72.1 cm³/mol. The van der Waals surface area contributed by atoms with Gasteiger partial charge in [-0.05, 0) is 37.5 Å². The van der Waals surface area contributed by atoms with Crippen LogP contribution < -0.4 is 5.32 Å². The number of carbonyl (C=O) groups is 1. The Balaban J connectivity index is 1.88. The first kappa shape index (κ1) is 13.6. The van der Waals surface area contributed by atoms with E-state index in [9.17, 15) is 9.90 Å². The molecule has 18 heavy (non-hydrogen) atoms. The van der Waals surface area contributed by atoms with Crippen LogP contribution in [-0.2, 0) is 4.79 Å². The van der Waals surface area contributed by atoms with Gasteiger partial charge in [0.15, 0.2) is 0 Å². The molecule has 3 unspecified atom stereocenters. The fourth-order valence-electron chi connectivity index (χ4n) is 3.41. The van der Waals surface area contributed by atoms with Crippen molar-refractivity contribution in [2.24, 2.45) is 11.8 Å². The van der Waals surface area contributed by atoms with Crippen molar-refractivity contribution in [3.8, 4) is 0 Å². The minimum atomic E-state index is -0.350. The molecule has 102 valence electrons. The van der Waals surface area contributed by atoms with Gasteiger partial charge in [0.2, 0.25) is 5.91 Å². The highest BCUT2D eigenvalue weighted by Gasteiger charge is 2.35. The van der Waals surface area contributed by atoms with E-state index >= 15 is 0 Å². The van der Waals surface area contributed by atoms with E-state index in [0.29, 0.717) is 18.3 Å². The summed E-state index contributed by atoms with van der Waals surface area (Å²) in [5.74, 6) is 1.11. The summed E-state index contributed by atoms with van der Waals surface area (Å²) >= 11 is 0. The summed E-state index contributed by atoms with van der Waals surface area (Å²) in [5.41, 5.74) is -0.350. The van der Waals surface area contributed by atoms with E-state index in [4.69, 9.17) is 0 Å². The Bertz CT molecular complexity index is 326. The summed E-state index contributed by atoms with van der Waals surface area (Å²) in [7, 11) is 0. The van der Waals surface area contributed by atoms with Gasteiger partial charge in [-0.25, -0.2) is 0 Å². The van der Waals surface area contributed by atoms with Crippen LogP contribution in [0.2, 0.25) is 0 Å². The SMILES string of the molecule is CC1CCCC(CO)(NC(=O)CC2C=CCC2)C1. The van der Waals surface area contributed by atoms with Gasteiger partial charge in [0.05, 0.1) is 12.1 Å². The monoisotopic (exact) mass is 251 g/mol.